The summed E-state index contributed by atoms with van der Waals surface area (Å²) in [5.74, 6) is -0.704. The highest BCUT2D eigenvalue weighted by Crippen LogP contribution is 2.28. The summed E-state index contributed by atoms with van der Waals surface area (Å²) >= 11 is 0. The van der Waals surface area contributed by atoms with E-state index in [-0.39, 0.29) is 11.7 Å². The predicted molar refractivity (Wildman–Crippen MR) is 91.0 cm³/mol. The van der Waals surface area contributed by atoms with Crippen molar-refractivity contribution in [3.63, 3.8) is 0 Å². The number of carbonyl (C=O) groups is 1. The minimum Gasteiger partial charge on any atom is -0.481 e. The van der Waals surface area contributed by atoms with Crippen LogP contribution in [0.25, 0.3) is 16.8 Å². The molecule has 0 spiro atoms. The zero-order valence-electron chi connectivity index (χ0n) is 13.5. The number of aliphatic carboxylic acids is 1. The zero-order valence-corrected chi connectivity index (χ0v) is 13.5. The molecule has 0 bridgehead atoms. The molecule has 3 heterocycles. The number of halogens is 1. The number of carboxylic acids is 1. The molecule has 1 aromatic carbocycles. The van der Waals surface area contributed by atoms with Gasteiger partial charge in [0.05, 0.1) is 11.6 Å². The molecule has 1 saturated heterocycles. The van der Waals surface area contributed by atoms with Crippen molar-refractivity contribution in [2.45, 2.75) is 12.8 Å². The number of hydrogen-bond acceptors (Lipinski definition) is 4. The van der Waals surface area contributed by atoms with Crippen LogP contribution in [0.1, 0.15) is 12.8 Å². The molecule has 25 heavy (non-hydrogen) atoms. The van der Waals surface area contributed by atoms with Crippen LogP contribution in [-0.4, -0.2) is 38.8 Å². The highest BCUT2D eigenvalue weighted by molar-refractivity contribution is 5.76. The van der Waals surface area contributed by atoms with E-state index < -0.39 is 5.97 Å². The first kappa shape index (κ1) is 15.6. The van der Waals surface area contributed by atoms with E-state index in [0.717, 1.165) is 35.6 Å². The van der Waals surface area contributed by atoms with E-state index in [9.17, 15) is 14.3 Å². The maximum Gasteiger partial charge on any atom is 0.308 e. The average molecular weight is 340 g/mol. The number of nitrogens with zero attached hydrogens (tertiary/aromatic N) is 4. The van der Waals surface area contributed by atoms with Crippen molar-refractivity contribution in [1.29, 1.82) is 0 Å². The van der Waals surface area contributed by atoms with Crippen LogP contribution < -0.4 is 4.90 Å². The van der Waals surface area contributed by atoms with Gasteiger partial charge >= 0.3 is 5.97 Å². The van der Waals surface area contributed by atoms with Crippen molar-refractivity contribution >= 4 is 17.3 Å². The van der Waals surface area contributed by atoms with Gasteiger partial charge in [-0.3, -0.25) is 4.79 Å². The molecule has 1 aliphatic rings. The molecular formula is C18H17FN4O2. The Morgan fingerprint density at radius 2 is 2.08 bits per heavy atom. The summed E-state index contributed by atoms with van der Waals surface area (Å²) < 4.78 is 14.9. The van der Waals surface area contributed by atoms with Gasteiger partial charge in [-0.1, -0.05) is 0 Å². The van der Waals surface area contributed by atoms with E-state index in [0.29, 0.717) is 13.0 Å². The second-order valence-electron chi connectivity index (χ2n) is 6.24. The number of aromatic nitrogens is 3. The lowest BCUT2D eigenvalue weighted by molar-refractivity contribution is -0.141. The Bertz CT molecular complexity index is 922. The molecule has 1 fully saturated rings. The summed E-state index contributed by atoms with van der Waals surface area (Å²) in [5.41, 5.74) is 2.35. The van der Waals surface area contributed by atoms with E-state index in [1.54, 1.807) is 29.0 Å². The number of fused-ring (bicyclic) bond motifs is 1. The number of piperidine rings is 1. The van der Waals surface area contributed by atoms with E-state index in [1.807, 2.05) is 11.0 Å². The topological polar surface area (TPSA) is 70.7 Å². The molecule has 1 atom stereocenters. The second kappa shape index (κ2) is 6.16. The van der Waals surface area contributed by atoms with Crippen molar-refractivity contribution in [2.75, 3.05) is 18.0 Å². The zero-order chi connectivity index (χ0) is 17.4. The lowest BCUT2D eigenvalue weighted by Gasteiger charge is -2.31. The standard InChI is InChI=1S/C18H17FN4O2/c19-14-5-3-12(4-6-14)15-10-16-17(20-7-9-23(16)21-15)22-8-1-2-13(11-22)18(24)25/h3-7,9-10,13H,1-2,8,11H2,(H,24,25)/t13-/m0/s1. The SMILES string of the molecule is O=C(O)[C@H]1CCCN(c2nccn3nc(-c4ccc(F)cc4)cc23)C1. The van der Waals surface area contributed by atoms with Crippen LogP contribution in [0.4, 0.5) is 10.2 Å². The van der Waals surface area contributed by atoms with Gasteiger partial charge in [0.15, 0.2) is 5.82 Å². The maximum atomic E-state index is 13.1. The number of benzene rings is 1. The van der Waals surface area contributed by atoms with Gasteiger partial charge in [-0.15, -0.1) is 0 Å². The lowest BCUT2D eigenvalue weighted by atomic mass is 9.98. The van der Waals surface area contributed by atoms with Crippen LogP contribution in [0.2, 0.25) is 0 Å². The van der Waals surface area contributed by atoms with Crippen molar-refractivity contribution in [3.05, 3.63) is 48.5 Å². The minimum absolute atomic E-state index is 0.289. The van der Waals surface area contributed by atoms with Gasteiger partial charge in [-0.2, -0.15) is 5.10 Å². The molecule has 2 aromatic heterocycles. The number of anilines is 1. The normalized spacial score (nSPS) is 17.8. The molecule has 128 valence electrons. The molecule has 1 N–H and O–H groups in total. The largest absolute Gasteiger partial charge is 0.481 e. The summed E-state index contributed by atoms with van der Waals surface area (Å²) in [7, 11) is 0. The van der Waals surface area contributed by atoms with Gasteiger partial charge in [-0.05, 0) is 43.2 Å². The summed E-state index contributed by atoms with van der Waals surface area (Å²) in [4.78, 5) is 17.8. The average Bonchev–Trinajstić information content (AvgIpc) is 3.06. The van der Waals surface area contributed by atoms with Crippen molar-refractivity contribution in [1.82, 2.24) is 14.6 Å². The van der Waals surface area contributed by atoms with Gasteiger partial charge in [0.25, 0.3) is 0 Å². The van der Waals surface area contributed by atoms with Gasteiger partial charge < -0.3 is 10.0 Å². The van der Waals surface area contributed by atoms with Crippen LogP contribution in [0.15, 0.2) is 42.7 Å². The van der Waals surface area contributed by atoms with Crippen LogP contribution in [0, 0.1) is 11.7 Å². The quantitative estimate of drug-likeness (QED) is 0.794. The smallest absolute Gasteiger partial charge is 0.308 e. The fraction of sp³-hybridized carbons (Fsp3) is 0.278. The molecule has 0 amide bonds. The summed E-state index contributed by atoms with van der Waals surface area (Å²) in [6.07, 6.45) is 4.92. The van der Waals surface area contributed by atoms with Gasteiger partial charge in [0.2, 0.25) is 0 Å². The molecule has 0 saturated carbocycles. The molecule has 4 rings (SSSR count). The highest BCUT2D eigenvalue weighted by atomic mass is 19.1. The molecular weight excluding hydrogens is 323 g/mol. The molecule has 3 aromatic rings. The first-order chi connectivity index (χ1) is 12.1. The number of carboxylic acid groups (broad SMARTS) is 1. The lowest BCUT2D eigenvalue weighted by Crippen LogP contribution is -2.39. The minimum atomic E-state index is -0.767. The molecule has 1 aliphatic heterocycles. The van der Waals surface area contributed by atoms with Crippen molar-refractivity contribution < 1.29 is 14.3 Å². The summed E-state index contributed by atoms with van der Waals surface area (Å²) in [6.45, 7) is 1.21. The Hall–Kier alpha value is -2.96. The molecule has 7 heteroatoms. The van der Waals surface area contributed by atoms with E-state index in [4.69, 9.17) is 0 Å². The Balaban J connectivity index is 1.72. The van der Waals surface area contributed by atoms with Crippen LogP contribution in [0.5, 0.6) is 0 Å². The monoisotopic (exact) mass is 340 g/mol. The molecule has 0 unspecified atom stereocenters. The van der Waals surface area contributed by atoms with E-state index in [1.165, 1.54) is 12.1 Å². The summed E-state index contributed by atoms with van der Waals surface area (Å²) in [5, 5.41) is 13.8. The highest BCUT2D eigenvalue weighted by Gasteiger charge is 2.27. The van der Waals surface area contributed by atoms with Gasteiger partial charge in [-0.25, -0.2) is 13.9 Å². The van der Waals surface area contributed by atoms with Gasteiger partial charge in [0.1, 0.15) is 11.3 Å². The number of hydrogen-bond donors (Lipinski definition) is 1. The summed E-state index contributed by atoms with van der Waals surface area (Å²) in [6, 6.07) is 8.08. The number of rotatable bonds is 3. The van der Waals surface area contributed by atoms with Gasteiger partial charge in [0, 0.05) is 31.0 Å². The van der Waals surface area contributed by atoms with Crippen LogP contribution in [-0.2, 0) is 4.79 Å². The Morgan fingerprint density at radius 3 is 2.84 bits per heavy atom. The molecule has 0 aliphatic carbocycles. The molecule has 0 radical (unpaired) electrons. The second-order valence-corrected chi connectivity index (χ2v) is 6.24. The van der Waals surface area contributed by atoms with Crippen molar-refractivity contribution in [3.8, 4) is 11.3 Å². The van der Waals surface area contributed by atoms with E-state index >= 15 is 0 Å². The fourth-order valence-corrected chi connectivity index (χ4v) is 3.28. The Kier molecular flexibility index (Phi) is 3.83. The third-order valence-electron chi connectivity index (χ3n) is 4.58. The Morgan fingerprint density at radius 1 is 1.28 bits per heavy atom. The fourth-order valence-electron chi connectivity index (χ4n) is 3.28. The predicted octanol–water partition coefficient (Wildman–Crippen LogP) is 2.84. The first-order valence-corrected chi connectivity index (χ1v) is 8.20. The molecule has 6 nitrogen and oxygen atoms in total. The maximum absolute atomic E-state index is 13.1. The third-order valence-corrected chi connectivity index (χ3v) is 4.58. The van der Waals surface area contributed by atoms with Crippen LogP contribution in [0.3, 0.4) is 0 Å². The van der Waals surface area contributed by atoms with E-state index in [2.05, 4.69) is 10.1 Å². The van der Waals surface area contributed by atoms with Crippen molar-refractivity contribution in [2.24, 2.45) is 5.92 Å². The third kappa shape index (κ3) is 2.93. The first-order valence-electron chi connectivity index (χ1n) is 8.20. The van der Waals surface area contributed by atoms with Crippen LogP contribution >= 0.6 is 0 Å². The Labute approximate surface area is 143 Å².